The van der Waals surface area contributed by atoms with Crippen LogP contribution in [0.2, 0.25) is 5.02 Å². The predicted molar refractivity (Wildman–Crippen MR) is 139 cm³/mol. The smallest absolute Gasteiger partial charge is 0.248 e. The zero-order valence-electron chi connectivity index (χ0n) is 18.6. The number of anilines is 1. The number of pyridine rings is 1. The van der Waals surface area contributed by atoms with Crippen molar-refractivity contribution in [3.63, 3.8) is 0 Å². The number of fused-ring (bicyclic) bond motifs is 2. The molecule has 4 aromatic rings. The van der Waals surface area contributed by atoms with Crippen molar-refractivity contribution in [3.05, 3.63) is 69.3 Å². The van der Waals surface area contributed by atoms with E-state index in [1.54, 1.807) is 6.07 Å². The molecule has 0 bridgehead atoms. The molecule has 1 fully saturated rings. The van der Waals surface area contributed by atoms with Gasteiger partial charge in [-0.1, -0.05) is 17.7 Å². The molecule has 2 aromatic carbocycles. The van der Waals surface area contributed by atoms with Gasteiger partial charge in [0.2, 0.25) is 5.56 Å². The standard InChI is InChI=1S/C26H28ClN3O2S/c27-21-17-19-7-8-26(31)28-22(19)18-24(21)32-15-3-1-2-10-29-11-13-30(14-12-29)23-5-4-6-25-20(23)9-16-33-25/h4-9,16-18H,1-3,10-15H2,(H,28,31). The summed E-state index contributed by atoms with van der Waals surface area (Å²) in [6, 6.07) is 15.8. The van der Waals surface area contributed by atoms with Gasteiger partial charge in [-0.05, 0) is 66.9 Å². The van der Waals surface area contributed by atoms with Gasteiger partial charge in [0.05, 0.1) is 17.1 Å². The fraction of sp³-hybridized carbons (Fsp3) is 0.346. The van der Waals surface area contributed by atoms with E-state index in [4.69, 9.17) is 16.3 Å². The summed E-state index contributed by atoms with van der Waals surface area (Å²) in [4.78, 5) is 19.5. The molecule has 1 saturated heterocycles. The zero-order valence-corrected chi connectivity index (χ0v) is 20.1. The Morgan fingerprint density at radius 3 is 2.76 bits per heavy atom. The van der Waals surface area contributed by atoms with Crippen LogP contribution >= 0.6 is 22.9 Å². The third-order valence-corrected chi connectivity index (χ3v) is 7.52. The first kappa shape index (κ1) is 22.3. The van der Waals surface area contributed by atoms with Gasteiger partial charge in [-0.25, -0.2) is 0 Å². The van der Waals surface area contributed by atoms with Crippen LogP contribution in [0, 0.1) is 0 Å². The molecule has 5 nitrogen and oxygen atoms in total. The molecule has 1 N–H and O–H groups in total. The molecule has 1 aliphatic heterocycles. The summed E-state index contributed by atoms with van der Waals surface area (Å²) in [7, 11) is 0. The number of unbranched alkanes of at least 4 members (excludes halogenated alkanes) is 2. The molecule has 0 atom stereocenters. The van der Waals surface area contributed by atoms with Crippen LogP contribution in [0.1, 0.15) is 19.3 Å². The van der Waals surface area contributed by atoms with E-state index in [1.165, 1.54) is 28.3 Å². The second kappa shape index (κ2) is 10.2. The number of rotatable bonds is 8. The Hall–Kier alpha value is -2.54. The molecule has 5 rings (SSSR count). The second-order valence-electron chi connectivity index (χ2n) is 8.54. The Kier molecular flexibility index (Phi) is 6.85. The SMILES string of the molecule is O=c1ccc2cc(Cl)c(OCCCCCN3CCN(c4cccc5sccc45)CC3)cc2[nH]1. The van der Waals surface area contributed by atoms with E-state index in [2.05, 4.69) is 44.4 Å². The zero-order chi connectivity index (χ0) is 22.6. The van der Waals surface area contributed by atoms with E-state index in [9.17, 15) is 4.79 Å². The topological polar surface area (TPSA) is 48.6 Å². The van der Waals surface area contributed by atoms with E-state index < -0.39 is 0 Å². The fourth-order valence-electron chi connectivity index (χ4n) is 4.53. The number of halogens is 1. The lowest BCUT2D eigenvalue weighted by Crippen LogP contribution is -2.46. The maximum absolute atomic E-state index is 11.5. The number of hydrogen-bond acceptors (Lipinski definition) is 5. The summed E-state index contributed by atoms with van der Waals surface area (Å²) in [5.41, 5.74) is 2.00. The molecule has 7 heteroatoms. The Morgan fingerprint density at radius 2 is 1.88 bits per heavy atom. The van der Waals surface area contributed by atoms with Gasteiger partial charge in [-0.15, -0.1) is 11.3 Å². The van der Waals surface area contributed by atoms with Crippen molar-refractivity contribution in [2.45, 2.75) is 19.3 Å². The summed E-state index contributed by atoms with van der Waals surface area (Å²) in [5.74, 6) is 0.628. The third kappa shape index (κ3) is 5.18. The molecule has 1 aliphatic rings. The highest BCUT2D eigenvalue weighted by Gasteiger charge is 2.18. The summed E-state index contributed by atoms with van der Waals surface area (Å²) in [5, 5.41) is 5.04. The number of H-pyrrole nitrogens is 1. The number of nitrogens with zero attached hydrogens (tertiary/aromatic N) is 2. The summed E-state index contributed by atoms with van der Waals surface area (Å²) < 4.78 is 7.27. The number of hydrogen-bond donors (Lipinski definition) is 1. The Balaban J connectivity index is 1.03. The average Bonchev–Trinajstić information content (AvgIpc) is 3.31. The van der Waals surface area contributed by atoms with Crippen LogP contribution in [-0.4, -0.2) is 49.2 Å². The molecular weight excluding hydrogens is 454 g/mol. The van der Waals surface area contributed by atoms with E-state index in [1.807, 2.05) is 23.5 Å². The minimum Gasteiger partial charge on any atom is -0.492 e. The molecule has 0 aliphatic carbocycles. The highest BCUT2D eigenvalue weighted by Crippen LogP contribution is 2.31. The quantitative estimate of drug-likeness (QED) is 0.325. The summed E-state index contributed by atoms with van der Waals surface area (Å²) in [6.45, 7) is 6.15. The molecular formula is C26H28ClN3O2S. The van der Waals surface area contributed by atoms with Crippen LogP contribution < -0.4 is 15.2 Å². The highest BCUT2D eigenvalue weighted by atomic mass is 35.5. The lowest BCUT2D eigenvalue weighted by atomic mass is 10.1. The lowest BCUT2D eigenvalue weighted by Gasteiger charge is -2.36. The summed E-state index contributed by atoms with van der Waals surface area (Å²) >= 11 is 8.15. The van der Waals surface area contributed by atoms with Gasteiger partial charge < -0.3 is 14.6 Å². The third-order valence-electron chi connectivity index (χ3n) is 6.34. The molecule has 0 radical (unpaired) electrons. The fourth-order valence-corrected chi connectivity index (χ4v) is 5.56. The van der Waals surface area contributed by atoms with Gasteiger partial charge in [0.15, 0.2) is 0 Å². The van der Waals surface area contributed by atoms with Gasteiger partial charge in [-0.3, -0.25) is 9.69 Å². The molecule has 0 spiro atoms. The van der Waals surface area contributed by atoms with Crippen LogP contribution in [0.4, 0.5) is 5.69 Å². The number of ether oxygens (including phenoxy) is 1. The number of aromatic amines is 1. The van der Waals surface area contributed by atoms with Crippen molar-refractivity contribution in [3.8, 4) is 5.75 Å². The average molecular weight is 482 g/mol. The molecule has 0 unspecified atom stereocenters. The van der Waals surface area contributed by atoms with Crippen molar-refractivity contribution in [1.82, 2.24) is 9.88 Å². The van der Waals surface area contributed by atoms with Gasteiger partial charge in [0, 0.05) is 54.1 Å². The van der Waals surface area contributed by atoms with Crippen molar-refractivity contribution in [2.24, 2.45) is 0 Å². The first-order valence-corrected chi connectivity index (χ1v) is 12.8. The van der Waals surface area contributed by atoms with E-state index in [0.29, 0.717) is 17.4 Å². The minimum absolute atomic E-state index is 0.125. The molecule has 172 valence electrons. The van der Waals surface area contributed by atoms with Gasteiger partial charge in [0.25, 0.3) is 0 Å². The number of aromatic nitrogens is 1. The Morgan fingerprint density at radius 1 is 1.00 bits per heavy atom. The van der Waals surface area contributed by atoms with Crippen molar-refractivity contribution < 1.29 is 4.74 Å². The van der Waals surface area contributed by atoms with Crippen LogP contribution in [0.15, 0.2) is 58.7 Å². The molecule has 33 heavy (non-hydrogen) atoms. The van der Waals surface area contributed by atoms with Crippen molar-refractivity contribution in [2.75, 3.05) is 44.2 Å². The van der Waals surface area contributed by atoms with Crippen LogP contribution in [-0.2, 0) is 0 Å². The van der Waals surface area contributed by atoms with Crippen LogP contribution in [0.25, 0.3) is 21.0 Å². The maximum Gasteiger partial charge on any atom is 0.248 e. The highest BCUT2D eigenvalue weighted by molar-refractivity contribution is 7.17. The molecule has 3 heterocycles. The van der Waals surface area contributed by atoms with Crippen molar-refractivity contribution in [1.29, 1.82) is 0 Å². The first-order valence-electron chi connectivity index (χ1n) is 11.6. The second-order valence-corrected chi connectivity index (χ2v) is 9.89. The lowest BCUT2D eigenvalue weighted by molar-refractivity contribution is 0.246. The number of thiophene rings is 1. The minimum atomic E-state index is -0.125. The van der Waals surface area contributed by atoms with Crippen LogP contribution in [0.5, 0.6) is 5.75 Å². The van der Waals surface area contributed by atoms with Gasteiger partial charge in [0.1, 0.15) is 5.75 Å². The number of nitrogens with one attached hydrogen (secondary N) is 1. The van der Waals surface area contributed by atoms with E-state index in [0.717, 1.165) is 56.5 Å². The monoisotopic (exact) mass is 481 g/mol. The normalized spacial score (nSPS) is 14.9. The van der Waals surface area contributed by atoms with Crippen molar-refractivity contribution >= 4 is 49.6 Å². The Labute approximate surface area is 202 Å². The predicted octanol–water partition coefficient (Wildman–Crippen LogP) is 5.77. The maximum atomic E-state index is 11.5. The van der Waals surface area contributed by atoms with Gasteiger partial charge in [-0.2, -0.15) is 0 Å². The number of piperazine rings is 1. The molecule has 0 amide bonds. The van der Waals surface area contributed by atoms with E-state index >= 15 is 0 Å². The van der Waals surface area contributed by atoms with Crippen LogP contribution in [0.3, 0.4) is 0 Å². The van der Waals surface area contributed by atoms with E-state index in [-0.39, 0.29) is 5.56 Å². The molecule has 0 saturated carbocycles. The largest absolute Gasteiger partial charge is 0.492 e. The Bertz CT molecular complexity index is 1290. The number of benzene rings is 2. The summed E-state index contributed by atoms with van der Waals surface area (Å²) in [6.07, 6.45) is 3.28. The molecule has 2 aromatic heterocycles. The first-order chi connectivity index (χ1) is 16.2. The van der Waals surface area contributed by atoms with Gasteiger partial charge >= 0.3 is 0 Å².